The summed E-state index contributed by atoms with van der Waals surface area (Å²) in [6.45, 7) is 6.05. The van der Waals surface area contributed by atoms with Crippen LogP contribution in [0.1, 0.15) is 38.4 Å². The number of carbonyl (C=O) groups excluding carboxylic acids is 1. The minimum Gasteiger partial charge on any atom is -0.347 e. The van der Waals surface area contributed by atoms with Gasteiger partial charge in [-0.2, -0.15) is 0 Å². The first-order valence-corrected chi connectivity index (χ1v) is 9.59. The number of aryl methyl sites for hydroxylation is 2. The number of rotatable bonds is 4. The van der Waals surface area contributed by atoms with E-state index >= 15 is 0 Å². The van der Waals surface area contributed by atoms with Crippen molar-refractivity contribution in [3.8, 4) is 0 Å². The van der Waals surface area contributed by atoms with Crippen molar-refractivity contribution in [1.29, 1.82) is 0 Å². The predicted octanol–water partition coefficient (Wildman–Crippen LogP) is 3.59. The van der Waals surface area contributed by atoms with Gasteiger partial charge in [-0.05, 0) is 43.0 Å². The average Bonchev–Trinajstić information content (AvgIpc) is 2.72. The molecule has 0 fully saturated rings. The molecule has 142 valence electrons. The van der Waals surface area contributed by atoms with Crippen molar-refractivity contribution in [3.63, 3.8) is 0 Å². The first kappa shape index (κ1) is 18.2. The molecule has 0 aliphatic carbocycles. The molecule has 2 heterocycles. The predicted molar refractivity (Wildman–Crippen MR) is 110 cm³/mol. The van der Waals surface area contributed by atoms with Crippen LogP contribution < -0.4 is 10.2 Å². The third kappa shape index (κ3) is 4.03. The molecule has 1 aliphatic rings. The Kier molecular flexibility index (Phi) is 5.06. The molecule has 1 N–H and O–H groups in total. The van der Waals surface area contributed by atoms with E-state index in [2.05, 4.69) is 44.5 Å². The van der Waals surface area contributed by atoms with Crippen molar-refractivity contribution in [1.82, 2.24) is 15.3 Å². The summed E-state index contributed by atoms with van der Waals surface area (Å²) in [6.07, 6.45) is 0.961. The van der Waals surface area contributed by atoms with Gasteiger partial charge in [-0.15, -0.1) is 0 Å². The highest BCUT2D eigenvalue weighted by Crippen LogP contribution is 2.22. The second-order valence-electron chi connectivity index (χ2n) is 7.30. The van der Waals surface area contributed by atoms with Crippen molar-refractivity contribution in [3.05, 3.63) is 88.2 Å². The van der Waals surface area contributed by atoms with Gasteiger partial charge in [0.05, 0.1) is 0 Å². The highest BCUT2D eigenvalue weighted by atomic mass is 16.1. The number of benzene rings is 2. The zero-order chi connectivity index (χ0) is 19.5. The van der Waals surface area contributed by atoms with Gasteiger partial charge in [-0.3, -0.25) is 4.79 Å². The third-order valence-electron chi connectivity index (χ3n) is 5.06. The van der Waals surface area contributed by atoms with Gasteiger partial charge in [0.1, 0.15) is 5.69 Å². The van der Waals surface area contributed by atoms with E-state index in [1.165, 1.54) is 16.7 Å². The van der Waals surface area contributed by atoms with E-state index in [9.17, 15) is 4.79 Å². The minimum atomic E-state index is -0.176. The van der Waals surface area contributed by atoms with Crippen LogP contribution in [0.25, 0.3) is 0 Å². The van der Waals surface area contributed by atoms with E-state index in [0.29, 0.717) is 18.2 Å². The zero-order valence-corrected chi connectivity index (χ0v) is 16.3. The summed E-state index contributed by atoms with van der Waals surface area (Å²) in [7, 11) is 0. The maximum atomic E-state index is 12.7. The topological polar surface area (TPSA) is 58.1 Å². The van der Waals surface area contributed by atoms with E-state index in [1.54, 1.807) is 6.07 Å². The van der Waals surface area contributed by atoms with Gasteiger partial charge >= 0.3 is 0 Å². The maximum absolute atomic E-state index is 12.7. The first-order valence-electron chi connectivity index (χ1n) is 9.59. The highest BCUT2D eigenvalue weighted by molar-refractivity contribution is 5.92. The summed E-state index contributed by atoms with van der Waals surface area (Å²) < 4.78 is 0. The van der Waals surface area contributed by atoms with Crippen LogP contribution in [0, 0.1) is 13.8 Å². The molecule has 0 radical (unpaired) electrons. The molecule has 0 spiro atoms. The molecule has 1 aromatic heterocycles. The lowest BCUT2D eigenvalue weighted by Gasteiger charge is -2.29. The first-order chi connectivity index (χ1) is 13.6. The fourth-order valence-corrected chi connectivity index (χ4v) is 3.46. The molecule has 0 bridgehead atoms. The van der Waals surface area contributed by atoms with Crippen molar-refractivity contribution < 1.29 is 4.79 Å². The molecule has 0 atom stereocenters. The van der Waals surface area contributed by atoms with Gasteiger partial charge < -0.3 is 10.2 Å². The molecule has 2 aromatic carbocycles. The Hall–Kier alpha value is -3.21. The average molecular weight is 372 g/mol. The number of hydrogen-bond acceptors (Lipinski definition) is 4. The molecule has 5 heteroatoms. The number of aromatic nitrogens is 2. The zero-order valence-electron chi connectivity index (χ0n) is 16.3. The van der Waals surface area contributed by atoms with Gasteiger partial charge in [0.2, 0.25) is 5.95 Å². The molecule has 0 unspecified atom stereocenters. The number of nitrogens with zero attached hydrogens (tertiary/aromatic N) is 3. The van der Waals surface area contributed by atoms with Gasteiger partial charge in [0, 0.05) is 25.3 Å². The summed E-state index contributed by atoms with van der Waals surface area (Å²) in [6, 6.07) is 18.3. The summed E-state index contributed by atoms with van der Waals surface area (Å²) >= 11 is 0. The Morgan fingerprint density at radius 2 is 1.79 bits per heavy atom. The molecular formula is C23H24N4O. The maximum Gasteiger partial charge on any atom is 0.270 e. The normalized spacial score (nSPS) is 13.1. The number of nitrogens with one attached hydrogen (secondary N) is 1. The number of hydrogen-bond donors (Lipinski definition) is 1. The molecule has 0 saturated carbocycles. The fourth-order valence-electron chi connectivity index (χ4n) is 3.46. The second-order valence-corrected chi connectivity index (χ2v) is 7.30. The summed E-state index contributed by atoms with van der Waals surface area (Å²) in [5.74, 6) is 0.444. The molecule has 28 heavy (non-hydrogen) atoms. The van der Waals surface area contributed by atoms with Gasteiger partial charge in [0.15, 0.2) is 0 Å². The van der Waals surface area contributed by atoms with Gasteiger partial charge in [0.25, 0.3) is 5.91 Å². The lowest BCUT2D eigenvalue weighted by Crippen LogP contribution is -2.33. The summed E-state index contributed by atoms with van der Waals surface area (Å²) in [5.41, 5.74) is 6.15. The SMILES string of the molecule is Cc1ccc(CNC(=O)c2cc(C)nc(N3CCc4ccccc4C3)n2)cc1. The molecule has 4 rings (SSSR count). The monoisotopic (exact) mass is 372 g/mol. The van der Waals surface area contributed by atoms with Gasteiger partial charge in [-0.25, -0.2) is 9.97 Å². The van der Waals surface area contributed by atoms with E-state index < -0.39 is 0 Å². The molecule has 1 amide bonds. The fraction of sp³-hybridized carbons (Fsp3) is 0.261. The largest absolute Gasteiger partial charge is 0.347 e. The third-order valence-corrected chi connectivity index (χ3v) is 5.06. The van der Waals surface area contributed by atoms with Crippen molar-refractivity contribution in [2.45, 2.75) is 33.4 Å². The van der Waals surface area contributed by atoms with Crippen LogP contribution in [0.5, 0.6) is 0 Å². The standard InChI is InChI=1S/C23H24N4O/c1-16-7-9-18(10-8-16)14-24-22(28)21-13-17(2)25-23(26-21)27-12-11-19-5-3-4-6-20(19)15-27/h3-10,13H,11-12,14-15H2,1-2H3,(H,24,28). The smallest absolute Gasteiger partial charge is 0.270 e. The number of anilines is 1. The number of fused-ring (bicyclic) bond motifs is 1. The Labute approximate surface area is 165 Å². The van der Waals surface area contributed by atoms with Crippen LogP contribution in [0.3, 0.4) is 0 Å². The number of carbonyl (C=O) groups is 1. The molecule has 0 saturated heterocycles. The number of amides is 1. The van der Waals surface area contributed by atoms with Crippen LogP contribution in [-0.4, -0.2) is 22.4 Å². The Morgan fingerprint density at radius 3 is 2.57 bits per heavy atom. The van der Waals surface area contributed by atoms with Crippen molar-refractivity contribution in [2.75, 3.05) is 11.4 Å². The van der Waals surface area contributed by atoms with Gasteiger partial charge in [-0.1, -0.05) is 54.1 Å². The second kappa shape index (κ2) is 7.80. The molecular weight excluding hydrogens is 348 g/mol. The van der Waals surface area contributed by atoms with Crippen LogP contribution >= 0.6 is 0 Å². The van der Waals surface area contributed by atoms with Crippen LogP contribution in [0.2, 0.25) is 0 Å². The molecule has 1 aliphatic heterocycles. The summed E-state index contributed by atoms with van der Waals surface area (Å²) in [4.78, 5) is 23.9. The van der Waals surface area contributed by atoms with Crippen molar-refractivity contribution >= 4 is 11.9 Å². The lowest BCUT2D eigenvalue weighted by atomic mass is 10.0. The van der Waals surface area contributed by atoms with E-state index in [0.717, 1.165) is 30.8 Å². The van der Waals surface area contributed by atoms with E-state index in [-0.39, 0.29) is 5.91 Å². The quantitative estimate of drug-likeness (QED) is 0.760. The van der Waals surface area contributed by atoms with Crippen LogP contribution in [0.15, 0.2) is 54.6 Å². The van der Waals surface area contributed by atoms with Crippen LogP contribution in [0.4, 0.5) is 5.95 Å². The van der Waals surface area contributed by atoms with Crippen molar-refractivity contribution in [2.24, 2.45) is 0 Å². The van der Waals surface area contributed by atoms with Crippen LogP contribution in [-0.2, 0) is 19.5 Å². The Morgan fingerprint density at radius 1 is 1.04 bits per heavy atom. The summed E-state index contributed by atoms with van der Waals surface area (Å²) in [5, 5.41) is 2.96. The Bertz CT molecular complexity index is 998. The molecule has 5 nitrogen and oxygen atoms in total. The van der Waals surface area contributed by atoms with E-state index in [4.69, 9.17) is 0 Å². The molecule has 3 aromatic rings. The van der Waals surface area contributed by atoms with E-state index in [1.807, 2.05) is 38.1 Å². The Balaban J connectivity index is 1.49. The minimum absolute atomic E-state index is 0.176. The lowest BCUT2D eigenvalue weighted by molar-refractivity contribution is 0.0945. The highest BCUT2D eigenvalue weighted by Gasteiger charge is 2.20.